The van der Waals surface area contributed by atoms with Crippen LogP contribution in [0.4, 0.5) is 0 Å². The third-order valence-electron chi connectivity index (χ3n) is 3.26. The van der Waals surface area contributed by atoms with Gasteiger partial charge in [-0.25, -0.2) is 8.42 Å². The largest absolute Gasteiger partial charge is 0.348 e. The number of nitrogens with one attached hydrogen (secondary N) is 1. The summed E-state index contributed by atoms with van der Waals surface area (Å²) in [6, 6.07) is 6.59. The Hall–Kier alpha value is -1.84. The first-order valence-corrected chi connectivity index (χ1v) is 8.62. The Morgan fingerprint density at radius 2 is 2.24 bits per heavy atom. The van der Waals surface area contributed by atoms with Gasteiger partial charge in [-0.2, -0.15) is 0 Å². The minimum Gasteiger partial charge on any atom is -0.348 e. The van der Waals surface area contributed by atoms with Crippen LogP contribution >= 0.6 is 0 Å². The van der Waals surface area contributed by atoms with Crippen LogP contribution in [0.2, 0.25) is 0 Å². The molecule has 5 nitrogen and oxygen atoms in total. The van der Waals surface area contributed by atoms with Gasteiger partial charge in [0.25, 0.3) is 5.91 Å². The minimum absolute atomic E-state index is 0.0193. The Morgan fingerprint density at radius 3 is 2.95 bits per heavy atom. The van der Waals surface area contributed by atoms with Crippen molar-refractivity contribution in [1.82, 2.24) is 5.32 Å². The van der Waals surface area contributed by atoms with Gasteiger partial charge in [-0.05, 0) is 31.0 Å². The predicted molar refractivity (Wildman–Crippen MR) is 81.5 cm³/mol. The molecule has 1 saturated heterocycles. The molecule has 6 heteroatoms. The Labute approximate surface area is 124 Å². The van der Waals surface area contributed by atoms with Crippen LogP contribution in [0, 0.1) is 11.8 Å². The smallest absolute Gasteiger partial charge is 0.251 e. The summed E-state index contributed by atoms with van der Waals surface area (Å²) in [5.41, 5.74) is 6.50. The molecule has 0 bridgehead atoms. The Morgan fingerprint density at radius 1 is 1.43 bits per heavy atom. The van der Waals surface area contributed by atoms with Crippen LogP contribution in [-0.4, -0.2) is 38.4 Å². The first-order chi connectivity index (χ1) is 10.00. The van der Waals surface area contributed by atoms with Crippen LogP contribution < -0.4 is 11.1 Å². The van der Waals surface area contributed by atoms with Gasteiger partial charge in [0.1, 0.15) is 0 Å². The van der Waals surface area contributed by atoms with Crippen molar-refractivity contribution in [3.05, 3.63) is 35.4 Å². The van der Waals surface area contributed by atoms with E-state index in [1.807, 2.05) is 0 Å². The van der Waals surface area contributed by atoms with E-state index in [0.717, 1.165) is 0 Å². The van der Waals surface area contributed by atoms with Crippen molar-refractivity contribution in [3.8, 4) is 11.8 Å². The van der Waals surface area contributed by atoms with E-state index in [9.17, 15) is 13.2 Å². The first-order valence-electron chi connectivity index (χ1n) is 6.80. The number of carbonyl (C=O) groups excluding carboxylic acids is 1. The normalized spacial score (nSPS) is 20.1. The van der Waals surface area contributed by atoms with Crippen LogP contribution in [0.5, 0.6) is 0 Å². The summed E-state index contributed by atoms with van der Waals surface area (Å²) in [4.78, 5) is 12.2. The molecule has 21 heavy (non-hydrogen) atoms. The molecule has 1 aromatic carbocycles. The van der Waals surface area contributed by atoms with Crippen molar-refractivity contribution in [3.63, 3.8) is 0 Å². The van der Waals surface area contributed by atoms with Gasteiger partial charge in [0, 0.05) is 17.2 Å². The van der Waals surface area contributed by atoms with E-state index in [2.05, 4.69) is 17.2 Å². The van der Waals surface area contributed by atoms with Gasteiger partial charge in [-0.1, -0.05) is 17.9 Å². The van der Waals surface area contributed by atoms with Crippen LogP contribution in [0.25, 0.3) is 0 Å². The summed E-state index contributed by atoms with van der Waals surface area (Å²) in [6.07, 6.45) is 1.28. The Bertz CT molecular complexity index is 686. The Kier molecular flexibility index (Phi) is 4.99. The lowest BCUT2D eigenvalue weighted by molar-refractivity contribution is 0.0938. The van der Waals surface area contributed by atoms with Crippen molar-refractivity contribution >= 4 is 15.7 Å². The van der Waals surface area contributed by atoms with Crippen LogP contribution in [-0.2, 0) is 9.84 Å². The number of nitrogens with two attached hydrogens (primary N) is 1. The molecule has 1 aliphatic rings. The van der Waals surface area contributed by atoms with Gasteiger partial charge >= 0.3 is 0 Å². The summed E-state index contributed by atoms with van der Waals surface area (Å²) in [5.74, 6) is 5.56. The second kappa shape index (κ2) is 6.74. The van der Waals surface area contributed by atoms with Crippen molar-refractivity contribution < 1.29 is 13.2 Å². The molecule has 0 spiro atoms. The number of amides is 1. The van der Waals surface area contributed by atoms with E-state index < -0.39 is 9.84 Å². The molecule has 1 atom stereocenters. The third kappa shape index (κ3) is 4.59. The number of carbonyl (C=O) groups is 1. The fourth-order valence-electron chi connectivity index (χ4n) is 2.30. The quantitative estimate of drug-likeness (QED) is 0.769. The van der Waals surface area contributed by atoms with Crippen molar-refractivity contribution in [2.45, 2.75) is 18.9 Å². The van der Waals surface area contributed by atoms with E-state index in [4.69, 9.17) is 5.73 Å². The molecule has 1 aromatic rings. The summed E-state index contributed by atoms with van der Waals surface area (Å²) in [6.45, 7) is 0.260. The fourth-order valence-corrected chi connectivity index (χ4v) is 3.93. The van der Waals surface area contributed by atoms with E-state index in [1.165, 1.54) is 0 Å². The molecule has 1 aliphatic heterocycles. The minimum atomic E-state index is -3.03. The van der Waals surface area contributed by atoms with Crippen molar-refractivity contribution in [1.29, 1.82) is 0 Å². The average molecular weight is 306 g/mol. The fraction of sp³-hybridized carbons (Fsp3) is 0.400. The molecule has 2 rings (SSSR count). The van der Waals surface area contributed by atoms with Gasteiger partial charge < -0.3 is 11.1 Å². The maximum atomic E-state index is 12.2. The molecule has 0 aliphatic carbocycles. The van der Waals surface area contributed by atoms with Gasteiger partial charge in [-0.15, -0.1) is 0 Å². The highest BCUT2D eigenvalue weighted by Gasteiger charge is 2.26. The van der Waals surface area contributed by atoms with Gasteiger partial charge in [0.15, 0.2) is 9.84 Å². The highest BCUT2D eigenvalue weighted by molar-refractivity contribution is 7.91. The lowest BCUT2D eigenvalue weighted by Gasteiger charge is -2.23. The molecule has 0 aromatic heterocycles. The molecule has 1 fully saturated rings. The number of sulfone groups is 1. The van der Waals surface area contributed by atoms with Crippen LogP contribution in [0.1, 0.15) is 28.8 Å². The van der Waals surface area contributed by atoms with Gasteiger partial charge in [0.2, 0.25) is 0 Å². The maximum absolute atomic E-state index is 12.2. The second-order valence-corrected chi connectivity index (χ2v) is 7.24. The van der Waals surface area contributed by atoms with E-state index in [-0.39, 0.29) is 30.0 Å². The zero-order chi connectivity index (χ0) is 15.3. The first kappa shape index (κ1) is 15.5. The molecule has 112 valence electrons. The second-order valence-electron chi connectivity index (χ2n) is 5.01. The summed E-state index contributed by atoms with van der Waals surface area (Å²) in [5, 5.41) is 2.78. The van der Waals surface area contributed by atoms with Gasteiger partial charge in [-0.3, -0.25) is 4.79 Å². The van der Waals surface area contributed by atoms with E-state index in [0.29, 0.717) is 24.0 Å². The number of hydrogen-bond acceptors (Lipinski definition) is 4. The molecule has 1 heterocycles. The molecule has 0 radical (unpaired) electrons. The van der Waals surface area contributed by atoms with Crippen LogP contribution in [0.3, 0.4) is 0 Å². The predicted octanol–water partition coefficient (Wildman–Crippen LogP) is 0.304. The average Bonchev–Trinajstić information content (AvgIpc) is 2.44. The van der Waals surface area contributed by atoms with E-state index >= 15 is 0 Å². The summed E-state index contributed by atoms with van der Waals surface area (Å²) < 4.78 is 23.1. The van der Waals surface area contributed by atoms with Crippen LogP contribution in [0.15, 0.2) is 24.3 Å². The topological polar surface area (TPSA) is 89.3 Å². The van der Waals surface area contributed by atoms with Crippen molar-refractivity contribution in [2.24, 2.45) is 5.73 Å². The maximum Gasteiger partial charge on any atom is 0.251 e. The highest BCUT2D eigenvalue weighted by Crippen LogP contribution is 2.13. The molecule has 3 N–H and O–H groups in total. The summed E-state index contributed by atoms with van der Waals surface area (Å²) >= 11 is 0. The number of benzene rings is 1. The van der Waals surface area contributed by atoms with Crippen molar-refractivity contribution in [2.75, 3.05) is 18.1 Å². The Balaban J connectivity index is 2.06. The zero-order valence-electron chi connectivity index (χ0n) is 11.6. The molecular weight excluding hydrogens is 288 g/mol. The van der Waals surface area contributed by atoms with E-state index in [1.54, 1.807) is 24.3 Å². The van der Waals surface area contributed by atoms with Gasteiger partial charge in [0.05, 0.1) is 18.1 Å². The molecular formula is C15H18N2O3S. The third-order valence-corrected chi connectivity index (χ3v) is 5.08. The zero-order valence-corrected chi connectivity index (χ0v) is 12.4. The SMILES string of the molecule is NCC#Cc1cccc(C(=O)NC2CCCS(=O)(=O)C2)c1. The molecule has 0 saturated carbocycles. The molecule has 1 unspecified atom stereocenters. The highest BCUT2D eigenvalue weighted by atomic mass is 32.2. The monoisotopic (exact) mass is 306 g/mol. The summed E-state index contributed by atoms with van der Waals surface area (Å²) in [7, 11) is -3.03. The number of rotatable bonds is 2. The standard InChI is InChI=1S/C15H18N2O3S/c16-8-2-5-12-4-1-6-13(10-12)15(18)17-14-7-3-9-21(19,20)11-14/h1,4,6,10,14H,3,7-9,11,16H2,(H,17,18). The lowest BCUT2D eigenvalue weighted by atomic mass is 10.1. The lowest BCUT2D eigenvalue weighted by Crippen LogP contribution is -2.43. The molecule has 1 amide bonds. The number of hydrogen-bond donors (Lipinski definition) is 2.